The summed E-state index contributed by atoms with van der Waals surface area (Å²) in [6.07, 6.45) is 3.25. The van der Waals surface area contributed by atoms with Gasteiger partial charge in [0.1, 0.15) is 11.0 Å². The van der Waals surface area contributed by atoms with Crippen molar-refractivity contribution < 1.29 is 17.6 Å². The fourth-order valence-corrected chi connectivity index (χ4v) is 4.91. The van der Waals surface area contributed by atoms with Crippen molar-refractivity contribution in [3.63, 3.8) is 0 Å². The van der Waals surface area contributed by atoms with Crippen LogP contribution in [0.5, 0.6) is 0 Å². The first-order chi connectivity index (χ1) is 12.2. The molecular formula is C17H17ClFN3O3S. The summed E-state index contributed by atoms with van der Waals surface area (Å²) in [7, 11) is -3.06. The number of carbonyl (C=O) groups is 1. The van der Waals surface area contributed by atoms with E-state index in [0.29, 0.717) is 28.5 Å². The molecule has 1 amide bonds. The molecule has 0 radical (unpaired) electrons. The highest BCUT2D eigenvalue weighted by molar-refractivity contribution is 7.91. The van der Waals surface area contributed by atoms with Gasteiger partial charge < -0.3 is 5.32 Å². The summed E-state index contributed by atoms with van der Waals surface area (Å²) in [4.78, 5) is 12.0. The van der Waals surface area contributed by atoms with E-state index in [1.54, 1.807) is 13.0 Å². The maximum atomic E-state index is 13.1. The van der Waals surface area contributed by atoms with Gasteiger partial charge in [-0.2, -0.15) is 5.10 Å². The molecule has 6 nitrogen and oxygen atoms in total. The zero-order chi connectivity index (χ0) is 18.9. The molecule has 26 heavy (non-hydrogen) atoms. The summed E-state index contributed by atoms with van der Waals surface area (Å²) < 4.78 is 37.9. The van der Waals surface area contributed by atoms with Crippen molar-refractivity contribution in [3.8, 4) is 0 Å². The van der Waals surface area contributed by atoms with Crippen LogP contribution in [0.1, 0.15) is 23.7 Å². The quantitative estimate of drug-likeness (QED) is 0.804. The molecule has 0 unspecified atom stereocenters. The molecule has 1 fully saturated rings. The number of aryl methyl sites for hydroxylation is 1. The van der Waals surface area contributed by atoms with Crippen molar-refractivity contribution in [2.45, 2.75) is 19.4 Å². The fraction of sp³-hybridized carbons (Fsp3) is 0.294. The maximum absolute atomic E-state index is 13.1. The average molecular weight is 398 g/mol. The van der Waals surface area contributed by atoms with Crippen molar-refractivity contribution in [2.75, 3.05) is 16.8 Å². The van der Waals surface area contributed by atoms with Crippen LogP contribution in [0, 0.1) is 12.7 Å². The molecule has 1 saturated heterocycles. The second-order valence-electron chi connectivity index (χ2n) is 6.12. The number of benzene rings is 1. The van der Waals surface area contributed by atoms with Crippen LogP contribution in [0.2, 0.25) is 5.15 Å². The number of nitrogens with zero attached hydrogens (tertiary/aromatic N) is 2. The predicted octanol–water partition coefficient (Wildman–Crippen LogP) is 3.00. The van der Waals surface area contributed by atoms with E-state index >= 15 is 0 Å². The molecule has 0 spiro atoms. The van der Waals surface area contributed by atoms with Gasteiger partial charge >= 0.3 is 0 Å². The average Bonchev–Trinajstić information content (AvgIpc) is 3.05. The number of hydrogen-bond acceptors (Lipinski definition) is 4. The Morgan fingerprint density at radius 2 is 2.23 bits per heavy atom. The van der Waals surface area contributed by atoms with Crippen LogP contribution in [0.3, 0.4) is 0 Å². The number of rotatable bonds is 4. The number of amides is 1. The highest BCUT2D eigenvalue weighted by atomic mass is 35.5. The predicted molar refractivity (Wildman–Crippen MR) is 98.3 cm³/mol. The minimum atomic E-state index is -3.06. The molecule has 1 N–H and O–H groups in total. The first-order valence-electron chi connectivity index (χ1n) is 7.95. The van der Waals surface area contributed by atoms with Gasteiger partial charge in [0.25, 0.3) is 0 Å². The monoisotopic (exact) mass is 397 g/mol. The van der Waals surface area contributed by atoms with Gasteiger partial charge in [-0.15, -0.1) is 0 Å². The van der Waals surface area contributed by atoms with Crippen molar-refractivity contribution in [1.82, 2.24) is 9.78 Å². The summed E-state index contributed by atoms with van der Waals surface area (Å²) in [5, 5.41) is 7.16. The normalized spacial score (nSPS) is 19.1. The summed E-state index contributed by atoms with van der Waals surface area (Å²) in [6, 6.07) is 5.27. The molecule has 1 aliphatic rings. The van der Waals surface area contributed by atoms with Gasteiger partial charge in [0.2, 0.25) is 5.91 Å². The Labute approximate surface area is 155 Å². The second-order valence-corrected chi connectivity index (χ2v) is 8.71. The van der Waals surface area contributed by atoms with Gasteiger partial charge in [0, 0.05) is 17.3 Å². The minimum absolute atomic E-state index is 0.0110. The van der Waals surface area contributed by atoms with E-state index in [1.165, 1.54) is 35.0 Å². The summed E-state index contributed by atoms with van der Waals surface area (Å²) in [5.74, 6) is -0.758. The number of aromatic nitrogens is 2. The van der Waals surface area contributed by atoms with Crippen LogP contribution in [0.4, 0.5) is 10.1 Å². The second kappa shape index (κ2) is 7.20. The van der Waals surface area contributed by atoms with E-state index in [2.05, 4.69) is 10.4 Å². The third kappa shape index (κ3) is 4.13. The van der Waals surface area contributed by atoms with Crippen LogP contribution < -0.4 is 5.32 Å². The highest BCUT2D eigenvalue weighted by Gasteiger charge is 2.31. The van der Waals surface area contributed by atoms with Crippen LogP contribution in [0.25, 0.3) is 6.08 Å². The number of halogens is 2. The van der Waals surface area contributed by atoms with Crippen molar-refractivity contribution >= 4 is 39.1 Å². The molecule has 3 rings (SSSR count). The molecule has 2 aromatic rings. The van der Waals surface area contributed by atoms with Gasteiger partial charge in [-0.3, -0.25) is 4.79 Å². The number of sulfone groups is 1. The molecule has 138 valence electrons. The van der Waals surface area contributed by atoms with E-state index in [-0.39, 0.29) is 17.5 Å². The molecule has 0 aliphatic carbocycles. The topological polar surface area (TPSA) is 81.1 Å². The number of nitrogens with one attached hydrogen (secondary N) is 1. The molecule has 9 heteroatoms. The van der Waals surface area contributed by atoms with Crippen LogP contribution >= 0.6 is 11.6 Å². The van der Waals surface area contributed by atoms with E-state index in [4.69, 9.17) is 11.6 Å². The Kier molecular flexibility index (Phi) is 5.15. The van der Waals surface area contributed by atoms with E-state index in [0.717, 1.165) is 0 Å². The molecule has 0 bridgehead atoms. The molecule has 2 heterocycles. The lowest BCUT2D eigenvalue weighted by molar-refractivity contribution is -0.111. The summed E-state index contributed by atoms with van der Waals surface area (Å²) in [6.45, 7) is 1.73. The zero-order valence-electron chi connectivity index (χ0n) is 13.9. The lowest BCUT2D eigenvalue weighted by Crippen LogP contribution is -2.12. The smallest absolute Gasteiger partial charge is 0.248 e. The standard InChI is InChI=1S/C17H17ClFN3O3S/c1-11-15(5-6-16(23)20-13-4-2-3-12(19)9-13)17(18)22(21-11)14-7-8-26(24,25)10-14/h2-6,9,14H,7-8,10H2,1H3,(H,20,23)/b6-5+/t14-/m1/s1. The Hall–Kier alpha value is -2.19. The Morgan fingerprint density at radius 3 is 2.88 bits per heavy atom. The van der Waals surface area contributed by atoms with E-state index < -0.39 is 21.6 Å². The van der Waals surface area contributed by atoms with Crippen LogP contribution in [0.15, 0.2) is 30.3 Å². The Morgan fingerprint density at radius 1 is 1.46 bits per heavy atom. The van der Waals surface area contributed by atoms with Gasteiger partial charge in [0.05, 0.1) is 23.2 Å². The summed E-state index contributed by atoms with van der Waals surface area (Å²) >= 11 is 6.34. The van der Waals surface area contributed by atoms with E-state index in [1.807, 2.05) is 0 Å². The molecule has 0 saturated carbocycles. The fourth-order valence-electron chi connectivity index (χ4n) is 2.84. The minimum Gasteiger partial charge on any atom is -0.322 e. The highest BCUT2D eigenvalue weighted by Crippen LogP contribution is 2.30. The third-order valence-corrected chi connectivity index (χ3v) is 6.25. The number of carbonyl (C=O) groups excluding carboxylic acids is 1. The lowest BCUT2D eigenvalue weighted by atomic mass is 10.2. The molecule has 1 aliphatic heterocycles. The first kappa shape index (κ1) is 18.6. The van der Waals surface area contributed by atoms with Gasteiger partial charge in [-0.1, -0.05) is 17.7 Å². The number of anilines is 1. The maximum Gasteiger partial charge on any atom is 0.248 e. The van der Waals surface area contributed by atoms with Crippen molar-refractivity contribution in [3.05, 3.63) is 52.6 Å². The zero-order valence-corrected chi connectivity index (χ0v) is 15.5. The molecule has 1 atom stereocenters. The summed E-state index contributed by atoms with van der Waals surface area (Å²) in [5.41, 5.74) is 1.48. The van der Waals surface area contributed by atoms with E-state index in [9.17, 15) is 17.6 Å². The largest absolute Gasteiger partial charge is 0.322 e. The molecule has 1 aromatic carbocycles. The Balaban J connectivity index is 1.75. The van der Waals surface area contributed by atoms with Gasteiger partial charge in [-0.05, 0) is 37.6 Å². The van der Waals surface area contributed by atoms with Crippen LogP contribution in [-0.4, -0.2) is 35.6 Å². The van der Waals surface area contributed by atoms with Crippen molar-refractivity contribution in [1.29, 1.82) is 0 Å². The third-order valence-electron chi connectivity index (χ3n) is 4.12. The van der Waals surface area contributed by atoms with Gasteiger partial charge in [0.15, 0.2) is 9.84 Å². The SMILES string of the molecule is Cc1nn([C@@H]2CCS(=O)(=O)C2)c(Cl)c1/C=C/C(=O)Nc1cccc(F)c1. The first-order valence-corrected chi connectivity index (χ1v) is 10.1. The van der Waals surface area contributed by atoms with Crippen molar-refractivity contribution in [2.24, 2.45) is 0 Å². The molecule has 1 aromatic heterocycles. The lowest BCUT2D eigenvalue weighted by Gasteiger charge is -2.09. The Bertz CT molecular complexity index is 985. The van der Waals surface area contributed by atoms with Gasteiger partial charge in [-0.25, -0.2) is 17.5 Å². The molecular weight excluding hydrogens is 381 g/mol. The number of hydrogen-bond donors (Lipinski definition) is 1. The van der Waals surface area contributed by atoms with Crippen LogP contribution in [-0.2, 0) is 14.6 Å².